The maximum absolute atomic E-state index is 12.3. The highest BCUT2D eigenvalue weighted by Crippen LogP contribution is 2.24. The normalized spacial score (nSPS) is 10.7. The van der Waals surface area contributed by atoms with Gasteiger partial charge in [-0.15, -0.1) is 11.3 Å². The Hall–Kier alpha value is -1.72. The highest BCUT2D eigenvalue weighted by Gasteiger charge is 2.11. The second-order valence-corrected chi connectivity index (χ2v) is 6.14. The number of anilines is 1. The third-order valence-corrected chi connectivity index (χ3v) is 4.75. The molecule has 0 atom stereocenters. The van der Waals surface area contributed by atoms with Crippen molar-refractivity contribution in [3.63, 3.8) is 0 Å². The molecular formula is C15H11BrN2OS. The van der Waals surface area contributed by atoms with Gasteiger partial charge >= 0.3 is 0 Å². The zero-order valence-electron chi connectivity index (χ0n) is 10.7. The maximum atomic E-state index is 12.3. The first kappa shape index (κ1) is 13.3. The van der Waals surface area contributed by atoms with Crippen LogP contribution >= 0.6 is 27.3 Å². The topological polar surface area (TPSA) is 42.0 Å². The van der Waals surface area contributed by atoms with E-state index in [1.165, 1.54) is 0 Å². The van der Waals surface area contributed by atoms with E-state index in [2.05, 4.69) is 26.2 Å². The van der Waals surface area contributed by atoms with Gasteiger partial charge in [0.2, 0.25) is 0 Å². The fourth-order valence-electron chi connectivity index (χ4n) is 1.98. The van der Waals surface area contributed by atoms with Crippen LogP contribution in [-0.2, 0) is 0 Å². The molecule has 1 amide bonds. The van der Waals surface area contributed by atoms with E-state index in [1.54, 1.807) is 16.8 Å². The molecule has 20 heavy (non-hydrogen) atoms. The predicted octanol–water partition coefficient (Wildman–Crippen LogP) is 4.62. The van der Waals surface area contributed by atoms with Crippen LogP contribution in [0.3, 0.4) is 0 Å². The van der Waals surface area contributed by atoms with E-state index < -0.39 is 0 Å². The molecule has 3 aromatic rings. The molecular weight excluding hydrogens is 336 g/mol. The van der Waals surface area contributed by atoms with Gasteiger partial charge in [-0.1, -0.05) is 22.0 Å². The van der Waals surface area contributed by atoms with Crippen molar-refractivity contribution in [1.82, 2.24) is 4.98 Å². The van der Waals surface area contributed by atoms with Gasteiger partial charge in [-0.3, -0.25) is 4.79 Å². The largest absolute Gasteiger partial charge is 0.322 e. The first-order valence-corrected chi connectivity index (χ1v) is 7.72. The number of hydrogen-bond acceptors (Lipinski definition) is 3. The summed E-state index contributed by atoms with van der Waals surface area (Å²) in [6.07, 6.45) is 0. The van der Waals surface area contributed by atoms with E-state index in [1.807, 2.05) is 43.3 Å². The number of carbonyl (C=O) groups is 1. The van der Waals surface area contributed by atoms with E-state index in [4.69, 9.17) is 0 Å². The number of benzene rings is 2. The van der Waals surface area contributed by atoms with Crippen molar-refractivity contribution in [2.24, 2.45) is 0 Å². The van der Waals surface area contributed by atoms with Gasteiger partial charge in [0.15, 0.2) is 0 Å². The van der Waals surface area contributed by atoms with Crippen molar-refractivity contribution in [2.45, 2.75) is 6.92 Å². The Kier molecular flexibility index (Phi) is 3.54. The molecule has 0 aliphatic rings. The van der Waals surface area contributed by atoms with Crippen molar-refractivity contribution in [1.29, 1.82) is 0 Å². The molecule has 0 radical (unpaired) electrons. The van der Waals surface area contributed by atoms with Crippen LogP contribution in [0.2, 0.25) is 0 Å². The summed E-state index contributed by atoms with van der Waals surface area (Å²) in [5.74, 6) is -0.104. The average Bonchev–Trinajstić information content (AvgIpc) is 2.89. The average molecular weight is 347 g/mol. The van der Waals surface area contributed by atoms with Crippen LogP contribution in [-0.4, -0.2) is 10.9 Å². The Morgan fingerprint density at radius 3 is 3.00 bits per heavy atom. The smallest absolute Gasteiger partial charge is 0.255 e. The first-order chi connectivity index (χ1) is 9.65. The molecule has 2 aromatic carbocycles. The fraction of sp³-hybridized carbons (Fsp3) is 0.0667. The van der Waals surface area contributed by atoms with Gasteiger partial charge in [0.05, 0.1) is 15.7 Å². The summed E-state index contributed by atoms with van der Waals surface area (Å²) in [5.41, 5.74) is 5.14. The van der Waals surface area contributed by atoms with Gasteiger partial charge in [-0.25, -0.2) is 4.98 Å². The lowest BCUT2D eigenvalue weighted by atomic mass is 10.1. The maximum Gasteiger partial charge on any atom is 0.255 e. The lowest BCUT2D eigenvalue weighted by molar-refractivity contribution is 0.102. The van der Waals surface area contributed by atoms with Gasteiger partial charge in [0.25, 0.3) is 5.91 Å². The molecule has 0 saturated carbocycles. The molecule has 1 aromatic heterocycles. The molecule has 0 saturated heterocycles. The monoisotopic (exact) mass is 346 g/mol. The molecule has 100 valence electrons. The number of amides is 1. The molecule has 3 nitrogen and oxygen atoms in total. The van der Waals surface area contributed by atoms with Crippen LogP contribution in [0.25, 0.3) is 10.2 Å². The Balaban J connectivity index is 1.90. The zero-order valence-corrected chi connectivity index (χ0v) is 13.1. The number of halogens is 1. The van der Waals surface area contributed by atoms with Crippen molar-refractivity contribution < 1.29 is 4.79 Å². The summed E-state index contributed by atoms with van der Waals surface area (Å²) in [6, 6.07) is 11.3. The number of nitrogens with zero attached hydrogens (tertiary/aromatic N) is 1. The molecule has 0 unspecified atom stereocenters. The summed E-state index contributed by atoms with van der Waals surface area (Å²) >= 11 is 5.00. The minimum atomic E-state index is -0.104. The zero-order chi connectivity index (χ0) is 14.1. The summed E-state index contributed by atoms with van der Waals surface area (Å²) < 4.78 is 2.00. The SMILES string of the molecule is Cc1c(Br)cccc1C(=O)Nc1ccc2ncsc2c1. The number of carbonyl (C=O) groups excluding carboxylic acids is 1. The number of hydrogen-bond donors (Lipinski definition) is 1. The molecule has 0 fully saturated rings. The number of aromatic nitrogens is 1. The summed E-state index contributed by atoms with van der Waals surface area (Å²) in [6.45, 7) is 1.92. The van der Waals surface area contributed by atoms with Crippen molar-refractivity contribution in [3.8, 4) is 0 Å². The second kappa shape index (κ2) is 5.34. The van der Waals surface area contributed by atoms with Gasteiger partial charge in [0.1, 0.15) is 0 Å². The van der Waals surface area contributed by atoms with Crippen LogP contribution in [0.4, 0.5) is 5.69 Å². The molecule has 3 rings (SSSR count). The standard InChI is InChI=1S/C15H11BrN2OS/c1-9-11(3-2-4-12(9)16)15(19)18-10-5-6-13-14(7-10)20-8-17-13/h2-8H,1H3,(H,18,19). The lowest BCUT2D eigenvalue weighted by Crippen LogP contribution is -2.13. The van der Waals surface area contributed by atoms with Crippen molar-refractivity contribution in [3.05, 3.63) is 57.5 Å². The van der Waals surface area contributed by atoms with Gasteiger partial charge in [0, 0.05) is 15.7 Å². The predicted molar refractivity (Wildman–Crippen MR) is 86.5 cm³/mol. The second-order valence-electron chi connectivity index (χ2n) is 4.40. The third-order valence-electron chi connectivity index (χ3n) is 3.10. The van der Waals surface area contributed by atoms with Crippen LogP contribution in [0.1, 0.15) is 15.9 Å². The highest BCUT2D eigenvalue weighted by molar-refractivity contribution is 9.10. The summed E-state index contributed by atoms with van der Waals surface area (Å²) in [4.78, 5) is 16.5. The fourth-order valence-corrected chi connectivity index (χ4v) is 3.07. The Bertz CT molecular complexity index is 797. The molecule has 0 spiro atoms. The molecule has 0 bridgehead atoms. The number of fused-ring (bicyclic) bond motifs is 1. The number of rotatable bonds is 2. The number of nitrogens with one attached hydrogen (secondary N) is 1. The van der Waals surface area contributed by atoms with Crippen LogP contribution in [0, 0.1) is 6.92 Å². The van der Waals surface area contributed by atoms with Crippen LogP contribution < -0.4 is 5.32 Å². The van der Waals surface area contributed by atoms with Gasteiger partial charge in [-0.05, 0) is 42.8 Å². The molecule has 1 N–H and O–H groups in total. The van der Waals surface area contributed by atoms with Crippen LogP contribution in [0.5, 0.6) is 0 Å². The molecule has 0 aliphatic carbocycles. The third kappa shape index (κ3) is 2.46. The minimum Gasteiger partial charge on any atom is -0.322 e. The summed E-state index contributed by atoms with van der Waals surface area (Å²) in [7, 11) is 0. The van der Waals surface area contributed by atoms with E-state index in [9.17, 15) is 4.79 Å². The Morgan fingerprint density at radius 2 is 2.15 bits per heavy atom. The van der Waals surface area contributed by atoms with Gasteiger partial charge in [-0.2, -0.15) is 0 Å². The van der Waals surface area contributed by atoms with Crippen molar-refractivity contribution >= 4 is 49.1 Å². The van der Waals surface area contributed by atoms with E-state index >= 15 is 0 Å². The molecule has 5 heteroatoms. The Morgan fingerprint density at radius 1 is 1.30 bits per heavy atom. The lowest BCUT2D eigenvalue weighted by Gasteiger charge is -2.08. The highest BCUT2D eigenvalue weighted by atomic mass is 79.9. The molecule has 1 heterocycles. The minimum absolute atomic E-state index is 0.104. The van der Waals surface area contributed by atoms with Crippen molar-refractivity contribution in [2.75, 3.05) is 5.32 Å². The van der Waals surface area contributed by atoms with Gasteiger partial charge < -0.3 is 5.32 Å². The van der Waals surface area contributed by atoms with E-state index in [-0.39, 0.29) is 5.91 Å². The van der Waals surface area contributed by atoms with E-state index in [0.29, 0.717) is 5.56 Å². The van der Waals surface area contributed by atoms with E-state index in [0.717, 1.165) is 25.9 Å². The molecule has 0 aliphatic heterocycles. The number of thiazole rings is 1. The quantitative estimate of drug-likeness (QED) is 0.735. The Labute approximate surface area is 128 Å². The summed E-state index contributed by atoms with van der Waals surface area (Å²) in [5, 5.41) is 2.93. The van der Waals surface area contributed by atoms with Crippen LogP contribution in [0.15, 0.2) is 46.4 Å². The first-order valence-electron chi connectivity index (χ1n) is 6.05.